The molecule has 20 heavy (non-hydrogen) atoms. The highest BCUT2D eigenvalue weighted by molar-refractivity contribution is 5.11. The molecule has 1 saturated heterocycles. The van der Waals surface area contributed by atoms with Crippen LogP contribution in [0.15, 0.2) is 0 Å². The van der Waals surface area contributed by atoms with Gasteiger partial charge in [-0.05, 0) is 88.1 Å². The molecule has 0 amide bonds. The van der Waals surface area contributed by atoms with E-state index < -0.39 is 0 Å². The van der Waals surface area contributed by atoms with E-state index in [-0.39, 0.29) is 6.10 Å². The molecule has 1 aliphatic heterocycles. The molecule has 3 saturated carbocycles. The van der Waals surface area contributed by atoms with Crippen molar-refractivity contribution in [2.75, 3.05) is 13.6 Å². The van der Waals surface area contributed by atoms with Crippen LogP contribution in [-0.2, 0) is 0 Å². The fourth-order valence-electron chi connectivity index (χ4n) is 6.61. The van der Waals surface area contributed by atoms with Gasteiger partial charge in [-0.1, -0.05) is 0 Å². The smallest absolute Gasteiger partial charge is 0.0543 e. The second-order valence-electron chi connectivity index (χ2n) is 8.25. The third kappa shape index (κ3) is 1.82. The lowest BCUT2D eigenvalue weighted by molar-refractivity contribution is -0.161. The van der Waals surface area contributed by atoms with E-state index in [1.165, 1.54) is 45.1 Å². The molecule has 4 aliphatic rings. The molecule has 0 aromatic rings. The number of fused-ring (bicyclic) bond motifs is 1. The SMILES string of the molecule is CN1CCC23CC(N)CCC2C1CC1CCC(O)CC13. The van der Waals surface area contributed by atoms with Crippen molar-refractivity contribution < 1.29 is 5.11 Å². The van der Waals surface area contributed by atoms with Crippen molar-refractivity contribution in [1.82, 2.24) is 4.90 Å². The van der Waals surface area contributed by atoms with Gasteiger partial charge < -0.3 is 15.7 Å². The molecule has 7 unspecified atom stereocenters. The van der Waals surface area contributed by atoms with E-state index in [9.17, 15) is 5.11 Å². The fraction of sp³-hybridized carbons (Fsp3) is 1.00. The molecule has 3 heteroatoms. The third-order valence-electron chi connectivity index (χ3n) is 7.44. The van der Waals surface area contributed by atoms with E-state index in [2.05, 4.69) is 11.9 Å². The Morgan fingerprint density at radius 1 is 1.10 bits per heavy atom. The first-order chi connectivity index (χ1) is 9.60. The Balaban J connectivity index is 1.72. The van der Waals surface area contributed by atoms with Crippen molar-refractivity contribution >= 4 is 0 Å². The van der Waals surface area contributed by atoms with Crippen molar-refractivity contribution in [3.63, 3.8) is 0 Å². The molecule has 2 bridgehead atoms. The van der Waals surface area contributed by atoms with Crippen molar-refractivity contribution in [1.29, 1.82) is 0 Å². The summed E-state index contributed by atoms with van der Waals surface area (Å²) in [5.74, 6) is 2.47. The predicted octanol–water partition coefficient (Wildman–Crippen LogP) is 1.99. The first-order valence-corrected chi connectivity index (χ1v) is 8.74. The van der Waals surface area contributed by atoms with Crippen molar-refractivity contribution in [3.8, 4) is 0 Å². The van der Waals surface area contributed by atoms with Crippen molar-refractivity contribution in [2.24, 2.45) is 28.9 Å². The summed E-state index contributed by atoms with van der Waals surface area (Å²) in [6, 6.07) is 1.21. The minimum absolute atomic E-state index is 0.0411. The van der Waals surface area contributed by atoms with E-state index in [0.29, 0.717) is 11.5 Å². The van der Waals surface area contributed by atoms with Gasteiger partial charge in [0.1, 0.15) is 0 Å². The zero-order valence-electron chi connectivity index (χ0n) is 12.8. The number of hydrogen-bond donors (Lipinski definition) is 2. The lowest BCUT2D eigenvalue weighted by Gasteiger charge is -2.65. The summed E-state index contributed by atoms with van der Waals surface area (Å²) < 4.78 is 0. The molecular formula is C17H30N2O. The zero-order valence-corrected chi connectivity index (χ0v) is 12.8. The summed E-state index contributed by atoms with van der Waals surface area (Å²) in [4.78, 5) is 2.64. The molecule has 4 fully saturated rings. The third-order valence-corrected chi connectivity index (χ3v) is 7.44. The Kier molecular flexibility index (Phi) is 3.17. The van der Waals surface area contributed by atoms with Crippen LogP contribution in [0.4, 0.5) is 0 Å². The Morgan fingerprint density at radius 2 is 1.95 bits per heavy atom. The molecule has 0 radical (unpaired) electrons. The van der Waals surface area contributed by atoms with Gasteiger partial charge in [0, 0.05) is 12.1 Å². The Hall–Kier alpha value is -0.120. The first-order valence-electron chi connectivity index (χ1n) is 8.74. The standard InChI is InChI=1S/C17H30N2O/c1-19-7-6-17-10-12(18)3-5-14(17)16(19)8-11-2-4-13(20)9-15(11)17/h11-16,20H,2-10,18H2,1H3. The summed E-state index contributed by atoms with van der Waals surface area (Å²) in [5, 5.41) is 10.2. The van der Waals surface area contributed by atoms with Crippen LogP contribution in [0.2, 0.25) is 0 Å². The highest BCUT2D eigenvalue weighted by Gasteiger charge is 2.59. The highest BCUT2D eigenvalue weighted by atomic mass is 16.3. The van der Waals surface area contributed by atoms with Gasteiger partial charge in [-0.3, -0.25) is 0 Å². The van der Waals surface area contributed by atoms with E-state index >= 15 is 0 Å². The van der Waals surface area contributed by atoms with Crippen molar-refractivity contribution in [3.05, 3.63) is 0 Å². The molecular weight excluding hydrogens is 248 g/mol. The average molecular weight is 278 g/mol. The van der Waals surface area contributed by atoms with Crippen LogP contribution in [-0.4, -0.2) is 41.8 Å². The monoisotopic (exact) mass is 278 g/mol. The number of piperidine rings is 1. The van der Waals surface area contributed by atoms with Crippen LogP contribution in [0.3, 0.4) is 0 Å². The molecule has 4 rings (SSSR count). The second kappa shape index (κ2) is 4.69. The van der Waals surface area contributed by atoms with Crippen LogP contribution in [0.25, 0.3) is 0 Å². The Morgan fingerprint density at radius 3 is 2.80 bits per heavy atom. The molecule has 0 aromatic carbocycles. The van der Waals surface area contributed by atoms with E-state index in [1.54, 1.807) is 0 Å². The summed E-state index contributed by atoms with van der Waals surface area (Å²) in [7, 11) is 2.33. The van der Waals surface area contributed by atoms with Gasteiger partial charge in [-0.25, -0.2) is 0 Å². The molecule has 3 aliphatic carbocycles. The van der Waals surface area contributed by atoms with Gasteiger partial charge in [-0.2, -0.15) is 0 Å². The lowest BCUT2D eigenvalue weighted by atomic mass is 9.44. The normalized spacial score (nSPS) is 56.0. The van der Waals surface area contributed by atoms with E-state index in [4.69, 9.17) is 5.73 Å². The fourth-order valence-corrected chi connectivity index (χ4v) is 6.61. The molecule has 114 valence electrons. The van der Waals surface area contributed by atoms with Gasteiger partial charge in [0.15, 0.2) is 0 Å². The number of aliphatic hydroxyl groups is 1. The van der Waals surface area contributed by atoms with E-state index in [0.717, 1.165) is 36.6 Å². The minimum atomic E-state index is -0.0411. The summed E-state index contributed by atoms with van der Waals surface area (Å²) in [5.41, 5.74) is 6.86. The maximum absolute atomic E-state index is 10.2. The summed E-state index contributed by atoms with van der Waals surface area (Å²) in [6.45, 7) is 1.24. The van der Waals surface area contributed by atoms with Gasteiger partial charge in [-0.15, -0.1) is 0 Å². The van der Waals surface area contributed by atoms with Crippen LogP contribution < -0.4 is 5.73 Å². The Labute approximate surface area is 122 Å². The summed E-state index contributed by atoms with van der Waals surface area (Å²) >= 11 is 0. The topological polar surface area (TPSA) is 49.5 Å². The van der Waals surface area contributed by atoms with Crippen LogP contribution in [0.5, 0.6) is 0 Å². The van der Waals surface area contributed by atoms with Crippen molar-refractivity contribution in [2.45, 2.75) is 69.6 Å². The number of nitrogens with zero attached hydrogens (tertiary/aromatic N) is 1. The lowest BCUT2D eigenvalue weighted by Crippen LogP contribution is -2.65. The van der Waals surface area contributed by atoms with E-state index in [1.807, 2.05) is 0 Å². The predicted molar refractivity (Wildman–Crippen MR) is 80.2 cm³/mol. The maximum atomic E-state index is 10.2. The molecule has 3 N–H and O–H groups in total. The highest BCUT2D eigenvalue weighted by Crippen LogP contribution is 2.63. The zero-order chi connectivity index (χ0) is 13.9. The van der Waals surface area contributed by atoms with Crippen LogP contribution in [0.1, 0.15) is 51.4 Å². The Bertz CT molecular complexity index is 387. The number of likely N-dealkylation sites (tertiary alicyclic amines) is 1. The molecule has 1 heterocycles. The molecule has 0 spiro atoms. The van der Waals surface area contributed by atoms with Gasteiger partial charge >= 0.3 is 0 Å². The summed E-state index contributed by atoms with van der Waals surface area (Å²) in [6.07, 6.45) is 9.79. The van der Waals surface area contributed by atoms with Gasteiger partial charge in [0.2, 0.25) is 0 Å². The number of nitrogens with two attached hydrogens (primary N) is 1. The second-order valence-corrected chi connectivity index (χ2v) is 8.25. The molecule has 7 atom stereocenters. The number of hydrogen-bond acceptors (Lipinski definition) is 3. The van der Waals surface area contributed by atoms with Crippen LogP contribution in [0, 0.1) is 23.2 Å². The first kappa shape index (κ1) is 13.5. The molecule has 0 aromatic heterocycles. The van der Waals surface area contributed by atoms with Crippen LogP contribution >= 0.6 is 0 Å². The average Bonchev–Trinajstić information content (AvgIpc) is 2.43. The van der Waals surface area contributed by atoms with Gasteiger partial charge in [0.25, 0.3) is 0 Å². The number of aliphatic hydroxyl groups excluding tert-OH is 1. The number of rotatable bonds is 0. The van der Waals surface area contributed by atoms with Gasteiger partial charge in [0.05, 0.1) is 6.10 Å². The largest absolute Gasteiger partial charge is 0.393 e. The quantitative estimate of drug-likeness (QED) is 0.712. The minimum Gasteiger partial charge on any atom is -0.393 e. The maximum Gasteiger partial charge on any atom is 0.0543 e. The molecule has 3 nitrogen and oxygen atoms in total.